The van der Waals surface area contributed by atoms with Gasteiger partial charge in [-0.1, -0.05) is 18.2 Å². The van der Waals surface area contributed by atoms with Gasteiger partial charge in [0, 0.05) is 23.5 Å². The number of benzene rings is 1. The summed E-state index contributed by atoms with van der Waals surface area (Å²) in [4.78, 5) is 3.27. The first-order valence-corrected chi connectivity index (χ1v) is 4.65. The molecule has 0 spiro atoms. The van der Waals surface area contributed by atoms with Crippen LogP contribution in [-0.2, 0) is 6.42 Å². The van der Waals surface area contributed by atoms with Crippen LogP contribution in [0.3, 0.4) is 0 Å². The summed E-state index contributed by atoms with van der Waals surface area (Å²) in [6.07, 6.45) is 3.14. The van der Waals surface area contributed by atoms with Crippen molar-refractivity contribution in [3.63, 3.8) is 0 Å². The van der Waals surface area contributed by atoms with E-state index in [4.69, 9.17) is 0 Å². The lowest BCUT2D eigenvalue weighted by molar-refractivity contribution is -0.413. The zero-order valence-electron chi connectivity index (χ0n) is 8.26. The minimum Gasteiger partial charge on any atom is -1.00 e. The van der Waals surface area contributed by atoms with Gasteiger partial charge in [-0.25, -0.2) is 0 Å². The molecule has 1 atom stereocenters. The minimum absolute atomic E-state index is 0. The summed E-state index contributed by atoms with van der Waals surface area (Å²) in [7, 11) is 0. The van der Waals surface area contributed by atoms with Crippen LogP contribution in [0.15, 0.2) is 30.5 Å². The van der Waals surface area contributed by atoms with Crippen molar-refractivity contribution in [2.24, 2.45) is 0 Å². The van der Waals surface area contributed by atoms with Crippen molar-refractivity contribution < 1.29 is 18.1 Å². The third kappa shape index (κ3) is 2.08. The first-order chi connectivity index (χ1) is 6.27. The Morgan fingerprint density at radius 2 is 2.07 bits per heavy atom. The molecule has 0 aliphatic heterocycles. The maximum atomic E-state index is 4.01. The van der Waals surface area contributed by atoms with E-state index < -0.39 is 0 Å². The van der Waals surface area contributed by atoms with E-state index in [1.807, 2.05) is 0 Å². The molecule has 76 valence electrons. The number of hydrogen-bond donors (Lipinski definition) is 2. The van der Waals surface area contributed by atoms with Crippen LogP contribution in [0.4, 0.5) is 0 Å². The van der Waals surface area contributed by atoms with Crippen molar-refractivity contribution in [2.75, 3.05) is 0 Å². The molecule has 3 heteroatoms. The van der Waals surface area contributed by atoms with Gasteiger partial charge in [0.05, 0.1) is 6.04 Å². The second kappa shape index (κ2) is 4.49. The molecule has 0 radical (unpaired) electrons. The molecule has 2 nitrogen and oxygen atoms in total. The summed E-state index contributed by atoms with van der Waals surface area (Å²) in [6, 6.07) is 8.86. The first kappa shape index (κ1) is 11.1. The van der Waals surface area contributed by atoms with Crippen LogP contribution in [0, 0.1) is 0 Å². The van der Waals surface area contributed by atoms with Crippen molar-refractivity contribution in [1.82, 2.24) is 4.98 Å². The summed E-state index contributed by atoms with van der Waals surface area (Å²) in [5, 5.41) is 1.33. The van der Waals surface area contributed by atoms with Gasteiger partial charge < -0.3 is 23.1 Å². The highest BCUT2D eigenvalue weighted by Crippen LogP contribution is 2.18. The standard InChI is InChI=1S/C11H14N2.ClH/c1-8(12)6-9-7-13-11-5-3-2-4-10(9)11;/h2-5,7-8,13H,6,12H2,1H3;1H. The van der Waals surface area contributed by atoms with Crippen molar-refractivity contribution in [3.8, 4) is 0 Å². The average Bonchev–Trinajstić information content (AvgIpc) is 2.48. The van der Waals surface area contributed by atoms with E-state index in [9.17, 15) is 0 Å². The van der Waals surface area contributed by atoms with E-state index in [2.05, 4.69) is 48.1 Å². The lowest BCUT2D eigenvalue weighted by atomic mass is 10.1. The van der Waals surface area contributed by atoms with Crippen LogP contribution < -0.4 is 18.1 Å². The Kier molecular flexibility index (Phi) is 3.55. The molecule has 1 aromatic carbocycles. The molecule has 1 heterocycles. The zero-order valence-corrected chi connectivity index (χ0v) is 9.01. The van der Waals surface area contributed by atoms with Crippen molar-refractivity contribution in [3.05, 3.63) is 36.0 Å². The Morgan fingerprint density at radius 3 is 2.79 bits per heavy atom. The minimum atomic E-state index is 0. The van der Waals surface area contributed by atoms with E-state index in [1.54, 1.807) is 0 Å². The Hall–Kier alpha value is -0.990. The van der Waals surface area contributed by atoms with Gasteiger partial charge in [0.2, 0.25) is 0 Å². The molecule has 14 heavy (non-hydrogen) atoms. The van der Waals surface area contributed by atoms with Gasteiger partial charge in [0.1, 0.15) is 0 Å². The number of quaternary nitrogens is 1. The average molecular weight is 211 g/mol. The van der Waals surface area contributed by atoms with Gasteiger partial charge in [-0.15, -0.1) is 0 Å². The zero-order chi connectivity index (χ0) is 9.26. The summed E-state index contributed by atoms with van der Waals surface area (Å²) >= 11 is 0. The van der Waals surface area contributed by atoms with Crippen molar-refractivity contribution in [2.45, 2.75) is 19.4 Å². The van der Waals surface area contributed by atoms with Crippen LogP contribution in [-0.4, -0.2) is 11.0 Å². The number of rotatable bonds is 2. The molecule has 2 aromatic rings. The van der Waals surface area contributed by atoms with Gasteiger partial charge in [-0.2, -0.15) is 0 Å². The SMILES string of the molecule is CC([NH3+])Cc1c[nH]c2ccccc12.[Cl-]. The highest BCUT2D eigenvalue weighted by molar-refractivity contribution is 5.83. The lowest BCUT2D eigenvalue weighted by Gasteiger charge is -1.99. The molecule has 0 bridgehead atoms. The summed E-state index contributed by atoms with van der Waals surface area (Å²) in [6.45, 7) is 2.14. The second-order valence-corrected chi connectivity index (χ2v) is 3.67. The molecule has 2 rings (SSSR count). The molecule has 1 aromatic heterocycles. The predicted molar refractivity (Wildman–Crippen MR) is 54.4 cm³/mol. The molecule has 0 saturated carbocycles. The quantitative estimate of drug-likeness (QED) is 0.597. The van der Waals surface area contributed by atoms with E-state index in [0.29, 0.717) is 6.04 Å². The van der Waals surface area contributed by atoms with Gasteiger partial charge in [-0.3, -0.25) is 0 Å². The molecule has 0 amide bonds. The molecular weight excluding hydrogens is 196 g/mol. The number of aromatic amines is 1. The molecule has 0 saturated heterocycles. The molecule has 0 aliphatic rings. The number of para-hydroxylation sites is 1. The number of nitrogens with one attached hydrogen (secondary N) is 1. The van der Waals surface area contributed by atoms with E-state index in [-0.39, 0.29) is 12.4 Å². The fourth-order valence-electron chi connectivity index (χ4n) is 1.68. The first-order valence-electron chi connectivity index (χ1n) is 4.65. The van der Waals surface area contributed by atoms with E-state index in [0.717, 1.165) is 6.42 Å². The largest absolute Gasteiger partial charge is 1.00 e. The molecular formula is C11H15ClN2. The molecule has 1 unspecified atom stereocenters. The smallest absolute Gasteiger partial charge is 0.0856 e. The van der Waals surface area contributed by atoms with Gasteiger partial charge in [0.25, 0.3) is 0 Å². The number of halogens is 1. The van der Waals surface area contributed by atoms with Crippen molar-refractivity contribution in [1.29, 1.82) is 0 Å². The predicted octanol–water partition coefficient (Wildman–Crippen LogP) is -1.66. The maximum Gasteiger partial charge on any atom is 0.0856 e. The van der Waals surface area contributed by atoms with E-state index >= 15 is 0 Å². The molecule has 4 N–H and O–H groups in total. The van der Waals surface area contributed by atoms with Gasteiger partial charge in [-0.05, 0) is 18.6 Å². The number of fused-ring (bicyclic) bond motifs is 1. The van der Waals surface area contributed by atoms with Crippen LogP contribution in [0.25, 0.3) is 10.9 Å². The topological polar surface area (TPSA) is 43.4 Å². The van der Waals surface area contributed by atoms with Crippen LogP contribution in [0.5, 0.6) is 0 Å². The second-order valence-electron chi connectivity index (χ2n) is 3.67. The lowest BCUT2D eigenvalue weighted by Crippen LogP contribution is -3.00. The molecule has 0 fully saturated rings. The Balaban J connectivity index is 0.000000980. The third-order valence-corrected chi connectivity index (χ3v) is 2.24. The number of aromatic nitrogens is 1. The van der Waals surface area contributed by atoms with Crippen LogP contribution in [0.1, 0.15) is 12.5 Å². The fraction of sp³-hybridized carbons (Fsp3) is 0.273. The molecule has 0 aliphatic carbocycles. The van der Waals surface area contributed by atoms with Crippen LogP contribution in [0.2, 0.25) is 0 Å². The summed E-state index contributed by atoms with van der Waals surface area (Å²) in [5.74, 6) is 0. The Labute approximate surface area is 89.9 Å². The monoisotopic (exact) mass is 210 g/mol. The highest BCUT2D eigenvalue weighted by Gasteiger charge is 2.05. The summed E-state index contributed by atoms with van der Waals surface area (Å²) in [5.41, 5.74) is 6.60. The Bertz CT molecular complexity index is 406. The van der Waals surface area contributed by atoms with Gasteiger partial charge >= 0.3 is 0 Å². The summed E-state index contributed by atoms with van der Waals surface area (Å²) < 4.78 is 0. The normalized spacial score (nSPS) is 12.4. The fourth-order valence-corrected chi connectivity index (χ4v) is 1.68. The van der Waals surface area contributed by atoms with Crippen LogP contribution >= 0.6 is 0 Å². The van der Waals surface area contributed by atoms with E-state index in [1.165, 1.54) is 16.5 Å². The number of hydrogen-bond acceptors (Lipinski definition) is 0. The highest BCUT2D eigenvalue weighted by atomic mass is 35.5. The van der Waals surface area contributed by atoms with Crippen molar-refractivity contribution >= 4 is 10.9 Å². The van der Waals surface area contributed by atoms with Gasteiger partial charge in [0.15, 0.2) is 0 Å². The maximum absolute atomic E-state index is 4.01. The Morgan fingerprint density at radius 1 is 1.36 bits per heavy atom. The number of H-pyrrole nitrogens is 1. The third-order valence-electron chi connectivity index (χ3n) is 2.24.